The van der Waals surface area contributed by atoms with Gasteiger partial charge in [-0.2, -0.15) is 0 Å². The van der Waals surface area contributed by atoms with E-state index in [2.05, 4.69) is 54.8 Å². The molecular formula is C71H119ClN14O22. The van der Waals surface area contributed by atoms with Crippen LogP contribution < -0.4 is 65.1 Å². The van der Waals surface area contributed by atoms with E-state index in [1.54, 1.807) is 13.8 Å². The van der Waals surface area contributed by atoms with Crippen LogP contribution in [0.1, 0.15) is 189 Å². The zero-order valence-corrected chi connectivity index (χ0v) is 64.0. The van der Waals surface area contributed by atoms with E-state index in [1.807, 2.05) is 0 Å². The lowest BCUT2D eigenvalue weighted by molar-refractivity contribution is -0.157. The minimum Gasteiger partial charge on any atom is -0.508 e. The number of aliphatic carboxylic acids is 1. The summed E-state index contributed by atoms with van der Waals surface area (Å²) in [5, 5.41) is 94.6. The number of phenols is 1. The minimum atomic E-state index is -2.08. The molecule has 2 aliphatic rings. The van der Waals surface area contributed by atoms with Crippen LogP contribution in [0.3, 0.4) is 0 Å². The highest BCUT2D eigenvalue weighted by Gasteiger charge is 2.45. The summed E-state index contributed by atoms with van der Waals surface area (Å²) in [6.45, 7) is 10.2. The number of rotatable bonds is 49. The van der Waals surface area contributed by atoms with E-state index in [0.717, 1.165) is 62.7 Å². The average molecular weight is 1560 g/mol. The molecule has 37 heteroatoms. The van der Waals surface area contributed by atoms with Gasteiger partial charge < -0.3 is 115 Å². The van der Waals surface area contributed by atoms with E-state index in [1.165, 1.54) is 70.2 Å². The number of phenolic OH excluding ortho intramolecular Hbond substituents is 1. The number of aliphatic hydroxyl groups is 5. The number of carbonyl (C=O) groups excluding carboxylic acids is 13. The number of primary amides is 1. The van der Waals surface area contributed by atoms with E-state index in [9.17, 15) is 103 Å². The Labute approximate surface area is 636 Å². The van der Waals surface area contributed by atoms with Crippen LogP contribution in [0.2, 0.25) is 0 Å². The molecule has 0 aliphatic carbocycles. The van der Waals surface area contributed by atoms with Gasteiger partial charge in [-0.25, -0.2) is 4.79 Å². The molecule has 2 aliphatic heterocycles. The summed E-state index contributed by atoms with van der Waals surface area (Å²) >= 11 is 0. The number of hydrogen-bond donors (Lipinski definition) is 19. The maximum Gasteiger partial charge on any atom is 0.328 e. The number of nitrogens with two attached hydrogens (primary N) is 3. The monoisotopic (exact) mass is 1550 g/mol. The number of ether oxygens (including phenoxy) is 1. The molecule has 2 heterocycles. The van der Waals surface area contributed by atoms with Crippen molar-refractivity contribution in [2.75, 3.05) is 26.2 Å². The lowest BCUT2D eigenvalue weighted by Gasteiger charge is -2.33. The fraction of sp³-hybridized carbons (Fsp3) is 0.718. The number of aromatic hydroxyl groups is 1. The number of amides is 12. The number of esters is 1. The highest BCUT2D eigenvalue weighted by molar-refractivity contribution is 6.00. The van der Waals surface area contributed by atoms with Crippen LogP contribution in [-0.2, 0) is 78.3 Å². The number of halogens is 1. The summed E-state index contributed by atoms with van der Waals surface area (Å²) in [6, 6.07) is -11.6. The topological polar surface area (TPSA) is 583 Å². The Balaban J connectivity index is 0.0000396. The molecule has 0 aromatic heterocycles. The van der Waals surface area contributed by atoms with Crippen LogP contribution in [0.5, 0.6) is 5.75 Å². The van der Waals surface area contributed by atoms with Crippen molar-refractivity contribution in [2.45, 2.75) is 293 Å². The van der Waals surface area contributed by atoms with Gasteiger partial charge in [0.05, 0.1) is 49.9 Å². The van der Waals surface area contributed by atoms with Gasteiger partial charge in [-0.3, -0.25) is 62.3 Å². The maximum atomic E-state index is 14.5. The molecule has 2 fully saturated rings. The molecule has 0 saturated carbocycles. The van der Waals surface area contributed by atoms with Crippen molar-refractivity contribution in [2.24, 2.45) is 23.1 Å². The quantitative estimate of drug-likeness (QED) is 0.0227. The Bertz CT molecular complexity index is 3110. The second-order valence-electron chi connectivity index (χ2n) is 28.2. The van der Waals surface area contributed by atoms with Crippen LogP contribution >= 0.6 is 12.4 Å². The van der Waals surface area contributed by atoms with Gasteiger partial charge in [0.2, 0.25) is 70.9 Å². The second kappa shape index (κ2) is 48.9. The molecule has 1 aromatic rings. The second-order valence-corrected chi connectivity index (χ2v) is 28.2. The molecule has 0 bridgehead atoms. The number of benzene rings is 1. The summed E-state index contributed by atoms with van der Waals surface area (Å²) in [6.07, 6.45) is 1.06. The van der Waals surface area contributed by atoms with Crippen molar-refractivity contribution in [1.29, 1.82) is 0 Å². The smallest absolute Gasteiger partial charge is 0.328 e. The molecule has 2 saturated heterocycles. The normalized spacial score (nSPS) is 18.3. The number of carbonyl (C=O) groups is 14. The van der Waals surface area contributed by atoms with Crippen molar-refractivity contribution < 1.29 is 108 Å². The first-order valence-electron chi connectivity index (χ1n) is 37.1. The Morgan fingerprint density at radius 3 is 1.50 bits per heavy atom. The molecule has 0 unspecified atom stereocenters. The van der Waals surface area contributed by atoms with Gasteiger partial charge in [-0.05, 0) is 116 Å². The lowest BCUT2D eigenvalue weighted by Crippen LogP contribution is -2.63. The highest BCUT2D eigenvalue weighted by Crippen LogP contribution is 2.24. The van der Waals surface area contributed by atoms with Crippen LogP contribution in [0.25, 0.3) is 0 Å². The zero-order valence-electron chi connectivity index (χ0n) is 63.2. The largest absolute Gasteiger partial charge is 0.508 e. The number of likely N-dealkylation sites (tertiary alicyclic amines) is 2. The number of carboxylic acids is 1. The molecule has 1 aromatic carbocycles. The first-order valence-corrected chi connectivity index (χ1v) is 37.1. The standard InChI is InChI=1S/C71H118N14O22.ClH/c1-9-10-11-12-13-14-15-16-17-18-19-23-46(35-54(94)95)107-71(106)47(24-20-31-72)77-67(102)57(41(6)87)79-53(93)37-75-66(101)60(51(91)36-52(73)92)83-64(99)50-26-22-33-85(50)70(105)59(43(8)89)82-68(103)58(42(7)88)81-63(98)49-25-21-32-84(49)69(104)56(38(2)3)80-62(97)48(34-44-27-29-45(90)30-28-44)78-61(96)39(4)76-65(100)55(74)40(5)86;/h27-30,38-43,46-51,55-60,86-91H,9-26,31-37,72,74H2,1-8H3,(H2,73,92)(H,75,101)(H,76,100)(H,77,102)(H,78,96)(H,79,93)(H,80,97)(H,81,98)(H,82,103)(H,83,99)(H,94,95);1H/t39-,40-,41-,42-,43-,46-,47+,48+,49+,50+,51-,55+,56+,57+,58+,59+,60+;/m1./s1. The molecule has 17 atom stereocenters. The molecule has 12 amide bonds. The zero-order chi connectivity index (χ0) is 80.4. The SMILES string of the molecule is CCCCCCCCCCCCC[C@H](CC(=O)O)OC(=O)[C@H](CCCN)NC(=O)[C@@H](NC(=O)CNC(=O)[C@@H](NC(=O)[C@@H]1CCCN1C(=O)[C@@H](NC(=O)[C@@H](NC(=O)[C@@H]1CCCN1C(=O)[C@@H](NC(=O)[C@H](Cc1ccc(O)cc1)NC(=O)[C@@H](C)NC(=O)[C@@H](N)[C@@H](C)O)C(C)C)[C@@H](C)O)[C@@H](C)O)[C@H](O)CC(N)=O)[C@@H](C)O.Cl. The molecule has 0 spiro atoms. The molecule has 108 heavy (non-hydrogen) atoms. The van der Waals surface area contributed by atoms with Gasteiger partial charge in [0.15, 0.2) is 0 Å². The predicted octanol–water partition coefficient (Wildman–Crippen LogP) is -3.08. The molecular weight excluding hydrogens is 1440 g/mol. The van der Waals surface area contributed by atoms with Gasteiger partial charge in [0, 0.05) is 19.5 Å². The van der Waals surface area contributed by atoms with Crippen molar-refractivity contribution in [1.82, 2.24) is 57.7 Å². The minimum absolute atomic E-state index is 0. The van der Waals surface area contributed by atoms with Gasteiger partial charge in [0.25, 0.3) is 0 Å². The average Bonchev–Trinajstić information content (AvgIpc) is 1.60. The number of unbranched alkanes of at least 4 members (excludes halogenated alkanes) is 10. The molecule has 3 rings (SSSR count). The molecule has 22 N–H and O–H groups in total. The maximum absolute atomic E-state index is 14.5. The fourth-order valence-corrected chi connectivity index (χ4v) is 12.3. The van der Waals surface area contributed by atoms with E-state index in [0.29, 0.717) is 12.0 Å². The third-order valence-corrected chi connectivity index (χ3v) is 18.6. The van der Waals surface area contributed by atoms with Gasteiger partial charge >= 0.3 is 11.9 Å². The van der Waals surface area contributed by atoms with Crippen molar-refractivity contribution in [3.8, 4) is 5.75 Å². The predicted molar refractivity (Wildman–Crippen MR) is 394 cm³/mol. The summed E-state index contributed by atoms with van der Waals surface area (Å²) in [5.41, 5.74) is 17.2. The number of nitrogens with one attached hydrogen (secondary N) is 9. The third-order valence-electron chi connectivity index (χ3n) is 18.6. The highest BCUT2D eigenvalue weighted by atomic mass is 35.5. The summed E-state index contributed by atoms with van der Waals surface area (Å²) in [5.74, 6) is -15.3. The van der Waals surface area contributed by atoms with Crippen molar-refractivity contribution >= 4 is 95.2 Å². The third kappa shape index (κ3) is 32.4. The van der Waals surface area contributed by atoms with Crippen LogP contribution in [0.4, 0.5) is 0 Å². The van der Waals surface area contributed by atoms with E-state index in [-0.39, 0.29) is 89.2 Å². The van der Waals surface area contributed by atoms with Crippen LogP contribution in [0.15, 0.2) is 24.3 Å². The van der Waals surface area contributed by atoms with Gasteiger partial charge in [0.1, 0.15) is 78.3 Å². The summed E-state index contributed by atoms with van der Waals surface area (Å²) in [7, 11) is 0. The van der Waals surface area contributed by atoms with E-state index < -0.39 is 211 Å². The van der Waals surface area contributed by atoms with Gasteiger partial charge in [-0.15, -0.1) is 12.4 Å². The van der Waals surface area contributed by atoms with Crippen molar-refractivity contribution in [3.05, 3.63) is 29.8 Å². The first kappa shape index (κ1) is 95.7. The van der Waals surface area contributed by atoms with Gasteiger partial charge in [-0.1, -0.05) is 97.1 Å². The number of aliphatic hydroxyl groups excluding tert-OH is 5. The molecule has 612 valence electrons. The number of nitrogens with zero attached hydrogens (tertiary/aromatic N) is 2. The number of carboxylic acid groups (broad SMARTS) is 1. The Morgan fingerprint density at radius 1 is 0.528 bits per heavy atom. The van der Waals surface area contributed by atoms with E-state index in [4.69, 9.17) is 21.9 Å². The summed E-state index contributed by atoms with van der Waals surface area (Å²) in [4.78, 5) is 192. The molecule has 36 nitrogen and oxygen atoms in total. The van der Waals surface area contributed by atoms with Crippen molar-refractivity contribution in [3.63, 3.8) is 0 Å². The van der Waals surface area contributed by atoms with E-state index >= 15 is 0 Å². The fourth-order valence-electron chi connectivity index (χ4n) is 12.3. The first-order chi connectivity index (χ1) is 50.4. The Morgan fingerprint density at radius 2 is 1.01 bits per heavy atom. The van der Waals surface area contributed by atoms with Crippen LogP contribution in [0, 0.1) is 5.92 Å². The molecule has 0 radical (unpaired) electrons. The summed E-state index contributed by atoms with van der Waals surface area (Å²) < 4.78 is 5.62. The Kier molecular flexibility index (Phi) is 43.3. The number of hydrogen-bond acceptors (Lipinski definition) is 23. The Hall–Kier alpha value is -8.39. The lowest BCUT2D eigenvalue weighted by atomic mass is 9.99. The van der Waals surface area contributed by atoms with Crippen LogP contribution in [-0.4, -0.2) is 258 Å².